The van der Waals surface area contributed by atoms with E-state index in [9.17, 15) is 0 Å². The average Bonchev–Trinajstić information content (AvgIpc) is 3.17. The molecule has 1 atom stereocenters. The second-order valence-electron chi connectivity index (χ2n) is 14.9. The summed E-state index contributed by atoms with van der Waals surface area (Å²) in [4.78, 5) is 2.38. The minimum atomic E-state index is -0.120. The molecule has 6 aromatic rings. The van der Waals surface area contributed by atoms with Gasteiger partial charge in [-0.3, -0.25) is 0 Å². The maximum Gasteiger partial charge on any atom is 0.0693 e. The maximum atomic E-state index is 2.65. The fourth-order valence-corrected chi connectivity index (χ4v) is 8.01. The Hall–Kier alpha value is -5.19. The number of anilines is 3. The van der Waals surface area contributed by atoms with Crippen LogP contribution in [0.5, 0.6) is 0 Å². The summed E-state index contributed by atoms with van der Waals surface area (Å²) in [5.41, 5.74) is 19.6. The van der Waals surface area contributed by atoms with Gasteiger partial charge in [0.15, 0.2) is 0 Å². The predicted molar refractivity (Wildman–Crippen MR) is 243 cm³/mol. The number of aryl methyl sites for hydroxylation is 5. The van der Waals surface area contributed by atoms with E-state index >= 15 is 0 Å². The van der Waals surface area contributed by atoms with Crippen molar-refractivity contribution in [3.05, 3.63) is 219 Å². The van der Waals surface area contributed by atoms with Crippen molar-refractivity contribution >= 4 is 63.0 Å². The summed E-state index contributed by atoms with van der Waals surface area (Å²) in [6.45, 7) is 13.0. The lowest BCUT2D eigenvalue weighted by molar-refractivity contribution is 0.929. The van der Waals surface area contributed by atoms with Crippen LogP contribution >= 0.6 is 22.6 Å². The van der Waals surface area contributed by atoms with Crippen molar-refractivity contribution in [3.63, 3.8) is 0 Å². The van der Waals surface area contributed by atoms with Crippen LogP contribution < -0.4 is 4.90 Å². The van der Waals surface area contributed by atoms with Crippen LogP contribution in [0.15, 0.2) is 163 Å². The standard InChI is InChI=1S/C52H48IN/c1-36-7-18-44(19-8-36)49(45-20-9-37(2)10-21-45)34-42-14-24-47(25-15-42)54(51-28-13-40(5)33-41(51)6)48-26-16-43(17-27-48)35-50(46-22-11-38(3)12-23-46)52(53)31-29-39(4)30-32-52/h7-31,33-35H,32H2,1-6H3/b50-35+. The lowest BCUT2D eigenvalue weighted by Gasteiger charge is -2.30. The molecule has 0 radical (unpaired) electrons. The SMILES string of the molecule is CC1=CCC(I)(/C(=C/c2ccc(N(c3ccc(C=C(c4ccc(C)cc4)c4ccc(C)cc4)cc3)c3ccc(C)cc3C)cc2)c2ccc(C)cc2)C=C1. The molecule has 0 bridgehead atoms. The van der Waals surface area contributed by atoms with Crippen LogP contribution in [-0.2, 0) is 0 Å². The van der Waals surface area contributed by atoms with Crippen molar-refractivity contribution in [3.8, 4) is 0 Å². The molecule has 0 aliphatic heterocycles. The number of hydrogen-bond acceptors (Lipinski definition) is 1. The first-order valence-electron chi connectivity index (χ1n) is 18.8. The molecule has 0 fully saturated rings. The van der Waals surface area contributed by atoms with Crippen LogP contribution in [0, 0.1) is 34.6 Å². The van der Waals surface area contributed by atoms with Gasteiger partial charge in [-0.25, -0.2) is 0 Å². The number of hydrogen-bond donors (Lipinski definition) is 0. The van der Waals surface area contributed by atoms with Gasteiger partial charge in [0.2, 0.25) is 0 Å². The molecule has 0 heterocycles. The molecule has 0 aromatic heterocycles. The Labute approximate surface area is 336 Å². The van der Waals surface area contributed by atoms with E-state index in [4.69, 9.17) is 0 Å². The van der Waals surface area contributed by atoms with Crippen molar-refractivity contribution in [1.29, 1.82) is 0 Å². The van der Waals surface area contributed by atoms with Gasteiger partial charge in [-0.2, -0.15) is 0 Å². The molecule has 54 heavy (non-hydrogen) atoms. The second-order valence-corrected chi connectivity index (χ2v) is 16.8. The number of alkyl halides is 1. The zero-order valence-electron chi connectivity index (χ0n) is 32.2. The van der Waals surface area contributed by atoms with Crippen molar-refractivity contribution < 1.29 is 0 Å². The molecule has 7 rings (SSSR count). The van der Waals surface area contributed by atoms with Crippen LogP contribution in [0.2, 0.25) is 0 Å². The summed E-state index contributed by atoms with van der Waals surface area (Å²) in [5.74, 6) is 0. The van der Waals surface area contributed by atoms with Crippen LogP contribution in [0.3, 0.4) is 0 Å². The highest BCUT2D eigenvalue weighted by molar-refractivity contribution is 14.1. The summed E-state index contributed by atoms with van der Waals surface area (Å²) in [6.07, 6.45) is 12.6. The van der Waals surface area contributed by atoms with Crippen molar-refractivity contribution in [2.75, 3.05) is 4.90 Å². The van der Waals surface area contributed by atoms with Gasteiger partial charge >= 0.3 is 0 Å². The molecule has 0 saturated heterocycles. The Morgan fingerprint density at radius 1 is 0.537 bits per heavy atom. The van der Waals surface area contributed by atoms with Gasteiger partial charge in [0, 0.05) is 17.1 Å². The normalized spacial score (nSPS) is 15.5. The molecule has 0 spiro atoms. The van der Waals surface area contributed by atoms with Crippen molar-refractivity contribution in [2.45, 2.75) is 51.4 Å². The number of rotatable bonds is 9. The van der Waals surface area contributed by atoms with E-state index < -0.39 is 0 Å². The van der Waals surface area contributed by atoms with E-state index in [1.165, 1.54) is 72.5 Å². The molecule has 2 heteroatoms. The summed E-state index contributed by atoms with van der Waals surface area (Å²) >= 11 is 2.65. The summed E-state index contributed by atoms with van der Waals surface area (Å²) in [5, 5.41) is 0. The van der Waals surface area contributed by atoms with Crippen LogP contribution in [-0.4, -0.2) is 3.42 Å². The van der Waals surface area contributed by atoms with Crippen molar-refractivity contribution in [1.82, 2.24) is 0 Å². The minimum Gasteiger partial charge on any atom is -0.310 e. The lowest BCUT2D eigenvalue weighted by atomic mass is 9.84. The number of nitrogens with zero attached hydrogens (tertiary/aromatic N) is 1. The highest BCUT2D eigenvalue weighted by Gasteiger charge is 2.30. The Morgan fingerprint density at radius 3 is 1.46 bits per heavy atom. The molecule has 1 nitrogen and oxygen atoms in total. The van der Waals surface area contributed by atoms with Gasteiger partial charge in [-0.1, -0.05) is 178 Å². The Balaban J connectivity index is 1.27. The number of allylic oxidation sites excluding steroid dienone is 5. The van der Waals surface area contributed by atoms with Gasteiger partial charge in [0.1, 0.15) is 0 Å². The Kier molecular flexibility index (Phi) is 11.0. The first-order valence-corrected chi connectivity index (χ1v) is 19.9. The van der Waals surface area contributed by atoms with Crippen LogP contribution in [0.25, 0.3) is 23.3 Å². The zero-order chi connectivity index (χ0) is 37.8. The van der Waals surface area contributed by atoms with E-state index in [0.717, 1.165) is 23.4 Å². The third-order valence-electron chi connectivity index (χ3n) is 10.4. The van der Waals surface area contributed by atoms with Gasteiger partial charge in [0.25, 0.3) is 0 Å². The zero-order valence-corrected chi connectivity index (χ0v) is 34.4. The van der Waals surface area contributed by atoms with Crippen LogP contribution in [0.1, 0.15) is 69.0 Å². The topological polar surface area (TPSA) is 3.24 Å². The van der Waals surface area contributed by atoms with Gasteiger partial charge in [-0.05, 0) is 135 Å². The largest absolute Gasteiger partial charge is 0.310 e. The van der Waals surface area contributed by atoms with E-state index in [0.29, 0.717) is 0 Å². The van der Waals surface area contributed by atoms with Gasteiger partial charge < -0.3 is 4.90 Å². The highest BCUT2D eigenvalue weighted by atomic mass is 127. The van der Waals surface area contributed by atoms with Gasteiger partial charge in [-0.15, -0.1) is 0 Å². The van der Waals surface area contributed by atoms with Gasteiger partial charge in [0.05, 0.1) is 3.42 Å². The molecular weight excluding hydrogens is 765 g/mol. The fourth-order valence-electron chi connectivity index (χ4n) is 7.14. The third kappa shape index (κ3) is 8.45. The van der Waals surface area contributed by atoms with Crippen LogP contribution in [0.4, 0.5) is 17.1 Å². The maximum absolute atomic E-state index is 2.65. The monoisotopic (exact) mass is 813 g/mol. The van der Waals surface area contributed by atoms with E-state index in [2.05, 4.69) is 239 Å². The predicted octanol–water partition coefficient (Wildman–Crippen LogP) is 14.9. The Morgan fingerprint density at radius 2 is 1.00 bits per heavy atom. The molecule has 1 aliphatic carbocycles. The molecule has 6 aromatic carbocycles. The molecule has 268 valence electrons. The quantitative estimate of drug-likeness (QED) is 0.0798. The molecular formula is C52H48IN. The molecule has 1 aliphatic rings. The number of benzene rings is 6. The van der Waals surface area contributed by atoms with E-state index in [1.807, 2.05) is 0 Å². The molecule has 0 N–H and O–H groups in total. The first kappa shape index (κ1) is 37.1. The summed E-state index contributed by atoms with van der Waals surface area (Å²) < 4.78 is -0.120. The van der Waals surface area contributed by atoms with E-state index in [1.54, 1.807) is 0 Å². The fraction of sp³-hybridized carbons (Fsp3) is 0.154. The minimum absolute atomic E-state index is 0.120. The van der Waals surface area contributed by atoms with Crippen molar-refractivity contribution in [2.24, 2.45) is 0 Å². The average molecular weight is 814 g/mol. The molecule has 0 saturated carbocycles. The third-order valence-corrected chi connectivity index (χ3v) is 11.8. The number of halogens is 1. The molecule has 0 amide bonds. The molecule has 1 unspecified atom stereocenters. The summed E-state index contributed by atoms with van der Waals surface area (Å²) in [6, 6.07) is 51.4. The summed E-state index contributed by atoms with van der Waals surface area (Å²) in [7, 11) is 0. The smallest absolute Gasteiger partial charge is 0.0693 e. The Bertz CT molecular complexity index is 2320. The first-order chi connectivity index (χ1) is 26.0. The van der Waals surface area contributed by atoms with E-state index in [-0.39, 0.29) is 3.42 Å². The lowest BCUT2D eigenvalue weighted by Crippen LogP contribution is -2.21. The highest BCUT2D eigenvalue weighted by Crippen LogP contribution is 2.44. The second kappa shape index (κ2) is 16.0.